The summed E-state index contributed by atoms with van der Waals surface area (Å²) in [5, 5.41) is 19.9. The lowest BCUT2D eigenvalue weighted by atomic mass is 10.1. The second-order valence-corrected chi connectivity index (χ2v) is 6.69. The highest BCUT2D eigenvalue weighted by molar-refractivity contribution is 5.89. The molecule has 0 aliphatic carbocycles. The number of nitro groups is 1. The van der Waals surface area contributed by atoms with Crippen molar-refractivity contribution in [2.24, 2.45) is 0 Å². The van der Waals surface area contributed by atoms with Gasteiger partial charge in [-0.2, -0.15) is 0 Å². The van der Waals surface area contributed by atoms with Crippen molar-refractivity contribution in [1.82, 2.24) is 0 Å². The van der Waals surface area contributed by atoms with E-state index in [2.05, 4.69) is 4.90 Å². The normalized spacial score (nSPS) is 11.2. The van der Waals surface area contributed by atoms with Crippen LogP contribution in [0.3, 0.4) is 0 Å². The number of hydrogen-bond acceptors (Lipinski definition) is 4. The Hall–Kier alpha value is -3.93. The number of carboxylic acids is 1. The molecule has 3 aromatic rings. The van der Waals surface area contributed by atoms with Gasteiger partial charge in [0.2, 0.25) is 0 Å². The van der Waals surface area contributed by atoms with Crippen molar-refractivity contribution in [3.8, 4) is 0 Å². The quantitative estimate of drug-likeness (QED) is 0.344. The Labute approximate surface area is 168 Å². The predicted molar refractivity (Wildman–Crippen MR) is 113 cm³/mol. The first kappa shape index (κ1) is 19.8. The molecule has 0 saturated carbocycles. The lowest BCUT2D eigenvalue weighted by molar-refractivity contribution is -0.419. The van der Waals surface area contributed by atoms with Crippen molar-refractivity contribution in [2.75, 3.05) is 4.90 Å². The van der Waals surface area contributed by atoms with E-state index in [1.165, 1.54) is 0 Å². The molecule has 29 heavy (non-hydrogen) atoms. The SMILES string of the molecule is Cc1ccc(N(c2ccc(C)cc2)c2ccc(/C=C(/C(=O)O)[N+](=O)[O-])cc2)cc1. The van der Waals surface area contributed by atoms with E-state index in [0.717, 1.165) is 34.3 Å². The highest BCUT2D eigenvalue weighted by Gasteiger charge is 2.20. The van der Waals surface area contributed by atoms with E-state index in [9.17, 15) is 14.9 Å². The standard InChI is InChI=1S/C23H20N2O4/c1-16-3-9-19(10-4-16)24(20-11-5-17(2)6-12-20)21-13-7-18(8-14-21)15-22(23(26)27)25(28)29/h3-15H,1-2H3,(H,26,27)/b22-15-. The zero-order valence-corrected chi connectivity index (χ0v) is 16.1. The van der Waals surface area contributed by atoms with Gasteiger partial charge in [-0.25, -0.2) is 4.79 Å². The van der Waals surface area contributed by atoms with E-state index in [4.69, 9.17) is 5.11 Å². The van der Waals surface area contributed by atoms with Gasteiger partial charge >= 0.3 is 11.7 Å². The fraction of sp³-hybridized carbons (Fsp3) is 0.0870. The minimum absolute atomic E-state index is 0.440. The van der Waals surface area contributed by atoms with Crippen LogP contribution in [-0.4, -0.2) is 16.0 Å². The van der Waals surface area contributed by atoms with Gasteiger partial charge in [-0.3, -0.25) is 10.1 Å². The summed E-state index contributed by atoms with van der Waals surface area (Å²) < 4.78 is 0. The lowest BCUT2D eigenvalue weighted by Gasteiger charge is -2.25. The van der Waals surface area contributed by atoms with Crippen molar-refractivity contribution < 1.29 is 14.8 Å². The average Bonchev–Trinajstić information content (AvgIpc) is 2.70. The number of aliphatic carboxylic acids is 1. The molecule has 1 N–H and O–H groups in total. The molecular formula is C23H20N2O4. The summed E-state index contributed by atoms with van der Waals surface area (Å²) in [6.07, 6.45) is 1.05. The summed E-state index contributed by atoms with van der Waals surface area (Å²) in [6, 6.07) is 23.2. The van der Waals surface area contributed by atoms with Crippen LogP contribution in [0.2, 0.25) is 0 Å². The Morgan fingerprint density at radius 2 is 1.21 bits per heavy atom. The molecule has 146 valence electrons. The van der Waals surface area contributed by atoms with E-state index in [1.807, 2.05) is 74.5 Å². The van der Waals surface area contributed by atoms with Gasteiger partial charge in [-0.05, 0) is 55.8 Å². The van der Waals surface area contributed by atoms with Crippen molar-refractivity contribution in [1.29, 1.82) is 0 Å². The number of rotatable bonds is 6. The summed E-state index contributed by atoms with van der Waals surface area (Å²) in [4.78, 5) is 23.1. The van der Waals surface area contributed by atoms with Crippen LogP contribution in [0.4, 0.5) is 17.1 Å². The molecule has 0 spiro atoms. The molecule has 3 aromatic carbocycles. The molecular weight excluding hydrogens is 368 g/mol. The molecule has 0 unspecified atom stereocenters. The van der Waals surface area contributed by atoms with E-state index < -0.39 is 16.6 Å². The number of carboxylic acid groups (broad SMARTS) is 1. The van der Waals surface area contributed by atoms with Gasteiger partial charge in [-0.1, -0.05) is 47.5 Å². The number of hydrogen-bond donors (Lipinski definition) is 1. The third kappa shape index (κ3) is 4.68. The van der Waals surface area contributed by atoms with Crippen molar-refractivity contribution in [2.45, 2.75) is 13.8 Å². The van der Waals surface area contributed by atoms with Gasteiger partial charge in [0.1, 0.15) is 0 Å². The molecule has 0 aliphatic heterocycles. The van der Waals surface area contributed by atoms with Crippen LogP contribution in [-0.2, 0) is 4.79 Å². The van der Waals surface area contributed by atoms with Gasteiger partial charge in [0.05, 0.1) is 4.92 Å². The van der Waals surface area contributed by atoms with Gasteiger partial charge in [0.15, 0.2) is 0 Å². The first-order valence-electron chi connectivity index (χ1n) is 8.98. The maximum Gasteiger partial charge on any atom is 0.407 e. The second-order valence-electron chi connectivity index (χ2n) is 6.69. The molecule has 0 bridgehead atoms. The molecule has 6 nitrogen and oxygen atoms in total. The third-order valence-electron chi connectivity index (χ3n) is 4.45. The summed E-state index contributed by atoms with van der Waals surface area (Å²) in [5.41, 5.74) is 4.67. The van der Waals surface area contributed by atoms with Crippen LogP contribution in [0, 0.1) is 24.0 Å². The van der Waals surface area contributed by atoms with Gasteiger partial charge in [0.25, 0.3) is 0 Å². The lowest BCUT2D eigenvalue weighted by Crippen LogP contribution is -2.10. The zero-order valence-electron chi connectivity index (χ0n) is 16.1. The van der Waals surface area contributed by atoms with Crippen LogP contribution in [0.15, 0.2) is 78.5 Å². The summed E-state index contributed by atoms with van der Waals surface area (Å²) >= 11 is 0. The van der Waals surface area contributed by atoms with Crippen LogP contribution < -0.4 is 4.90 Å². The number of benzene rings is 3. The summed E-state index contributed by atoms with van der Waals surface area (Å²) in [6.45, 7) is 4.05. The Bertz CT molecular complexity index is 992. The first-order valence-corrected chi connectivity index (χ1v) is 8.98. The Kier molecular flexibility index (Phi) is 5.74. The summed E-state index contributed by atoms with van der Waals surface area (Å²) in [7, 11) is 0. The van der Waals surface area contributed by atoms with Crippen molar-refractivity contribution >= 4 is 29.1 Å². The van der Waals surface area contributed by atoms with Crippen LogP contribution >= 0.6 is 0 Å². The Morgan fingerprint density at radius 1 is 0.828 bits per heavy atom. The Morgan fingerprint density at radius 3 is 1.55 bits per heavy atom. The van der Waals surface area contributed by atoms with E-state index in [1.54, 1.807) is 12.1 Å². The van der Waals surface area contributed by atoms with Crippen LogP contribution in [0.1, 0.15) is 16.7 Å². The maximum absolute atomic E-state index is 11.0. The molecule has 0 radical (unpaired) electrons. The fourth-order valence-corrected chi connectivity index (χ4v) is 2.90. The number of anilines is 3. The molecule has 0 heterocycles. The van der Waals surface area contributed by atoms with Crippen molar-refractivity contribution in [3.05, 3.63) is 105 Å². The minimum Gasteiger partial charge on any atom is -0.473 e. The maximum atomic E-state index is 11.0. The summed E-state index contributed by atoms with van der Waals surface area (Å²) in [5.74, 6) is -1.57. The molecule has 0 aromatic heterocycles. The van der Waals surface area contributed by atoms with E-state index >= 15 is 0 Å². The predicted octanol–water partition coefficient (Wildman–Crippen LogP) is 5.48. The largest absolute Gasteiger partial charge is 0.473 e. The fourth-order valence-electron chi connectivity index (χ4n) is 2.90. The van der Waals surface area contributed by atoms with E-state index in [-0.39, 0.29) is 0 Å². The molecule has 0 amide bonds. The smallest absolute Gasteiger partial charge is 0.407 e. The van der Waals surface area contributed by atoms with E-state index in [0.29, 0.717) is 5.56 Å². The van der Waals surface area contributed by atoms with Crippen molar-refractivity contribution in [3.63, 3.8) is 0 Å². The number of carbonyl (C=O) groups is 1. The highest BCUT2D eigenvalue weighted by atomic mass is 16.6. The number of aryl methyl sites for hydroxylation is 2. The zero-order chi connectivity index (χ0) is 21.0. The monoisotopic (exact) mass is 388 g/mol. The van der Waals surface area contributed by atoms with Crippen LogP contribution in [0.5, 0.6) is 0 Å². The van der Waals surface area contributed by atoms with Gasteiger partial charge in [0, 0.05) is 23.1 Å². The third-order valence-corrected chi connectivity index (χ3v) is 4.45. The molecule has 0 saturated heterocycles. The Balaban J connectivity index is 2.03. The second kappa shape index (κ2) is 8.39. The van der Waals surface area contributed by atoms with Gasteiger partial charge in [-0.15, -0.1) is 0 Å². The molecule has 3 rings (SSSR count). The topological polar surface area (TPSA) is 83.7 Å². The number of nitrogens with zero attached hydrogens (tertiary/aromatic N) is 2. The highest BCUT2D eigenvalue weighted by Crippen LogP contribution is 2.34. The minimum atomic E-state index is -1.57. The molecule has 0 aliphatic rings. The first-order chi connectivity index (χ1) is 13.8. The molecule has 6 heteroatoms. The molecule has 0 fully saturated rings. The van der Waals surface area contributed by atoms with Gasteiger partial charge < -0.3 is 10.0 Å². The molecule has 0 atom stereocenters. The van der Waals surface area contributed by atoms with Crippen LogP contribution in [0.25, 0.3) is 6.08 Å². The average molecular weight is 388 g/mol.